The van der Waals surface area contributed by atoms with Crippen molar-refractivity contribution in [2.75, 3.05) is 0 Å². The molecule has 2 aromatic carbocycles. The first kappa shape index (κ1) is 13.5. The molecule has 23 heavy (non-hydrogen) atoms. The molecule has 2 aromatic heterocycles. The van der Waals surface area contributed by atoms with Crippen LogP contribution in [0.2, 0.25) is 0 Å². The maximum Gasteiger partial charge on any atom is 0.284 e. The van der Waals surface area contributed by atoms with Crippen LogP contribution in [-0.4, -0.2) is 20.0 Å². The van der Waals surface area contributed by atoms with Crippen LogP contribution in [-0.2, 0) is 0 Å². The van der Waals surface area contributed by atoms with Crippen LogP contribution in [0.5, 0.6) is 0 Å². The summed E-state index contributed by atoms with van der Waals surface area (Å²) in [4.78, 5) is 16.1. The molecular weight excluding hydrogens is 288 g/mol. The second kappa shape index (κ2) is 5.21. The maximum absolute atomic E-state index is 12.8. The Morgan fingerprint density at radius 3 is 2.30 bits per heavy atom. The third-order valence-corrected chi connectivity index (χ3v) is 3.86. The Balaban J connectivity index is 2.00. The number of nitrogens with one attached hydrogen (secondary N) is 1. The minimum atomic E-state index is -0.169. The van der Waals surface area contributed by atoms with Crippen molar-refractivity contribution in [3.63, 3.8) is 0 Å². The lowest BCUT2D eigenvalue weighted by atomic mass is 10.1. The van der Waals surface area contributed by atoms with Gasteiger partial charge in [0.05, 0.1) is 16.8 Å². The molecule has 1 N–H and O–H groups in total. The molecule has 0 unspecified atom stereocenters. The summed E-state index contributed by atoms with van der Waals surface area (Å²) in [6.45, 7) is 1.88. The predicted octanol–water partition coefficient (Wildman–Crippen LogP) is 3.08. The average molecular weight is 302 g/mol. The summed E-state index contributed by atoms with van der Waals surface area (Å²) < 4.78 is 1.33. The average Bonchev–Trinajstić information content (AvgIpc) is 2.94. The standard InChI is InChI=1S/C18H14N4O/c1-12-15-17(16(19-12)13-8-4-2-5-9-13)20-21-22(18(15)23)14-10-6-3-7-11-14/h2-11,19H,1H3. The number of hydrogen-bond acceptors (Lipinski definition) is 3. The number of fused-ring (bicyclic) bond motifs is 1. The van der Waals surface area contributed by atoms with Crippen molar-refractivity contribution in [1.29, 1.82) is 0 Å². The summed E-state index contributed by atoms with van der Waals surface area (Å²) in [5.74, 6) is 0. The highest BCUT2D eigenvalue weighted by Gasteiger charge is 2.16. The number of para-hydroxylation sites is 1. The minimum absolute atomic E-state index is 0.169. The van der Waals surface area contributed by atoms with E-state index in [0.29, 0.717) is 16.6 Å². The van der Waals surface area contributed by atoms with Crippen LogP contribution in [0.1, 0.15) is 5.69 Å². The molecule has 5 heteroatoms. The molecule has 0 aliphatic carbocycles. The number of hydrogen-bond donors (Lipinski definition) is 1. The second-order valence-corrected chi connectivity index (χ2v) is 5.36. The monoisotopic (exact) mass is 302 g/mol. The van der Waals surface area contributed by atoms with E-state index in [0.717, 1.165) is 17.0 Å². The summed E-state index contributed by atoms with van der Waals surface area (Å²) in [5, 5.41) is 8.98. The number of H-pyrrole nitrogens is 1. The number of aromatic amines is 1. The number of aromatic nitrogens is 4. The van der Waals surface area contributed by atoms with E-state index in [1.165, 1.54) is 4.68 Å². The molecule has 0 amide bonds. The normalized spacial score (nSPS) is 11.0. The Morgan fingerprint density at radius 1 is 0.957 bits per heavy atom. The van der Waals surface area contributed by atoms with Crippen molar-refractivity contribution >= 4 is 10.9 Å². The second-order valence-electron chi connectivity index (χ2n) is 5.36. The smallest absolute Gasteiger partial charge is 0.284 e. The fourth-order valence-corrected chi connectivity index (χ4v) is 2.76. The summed E-state index contributed by atoms with van der Waals surface area (Å²) >= 11 is 0. The molecule has 0 aliphatic rings. The zero-order valence-corrected chi connectivity index (χ0v) is 12.5. The van der Waals surface area contributed by atoms with E-state index in [-0.39, 0.29) is 5.56 Å². The van der Waals surface area contributed by atoms with Gasteiger partial charge in [0.1, 0.15) is 5.52 Å². The third-order valence-electron chi connectivity index (χ3n) is 3.86. The van der Waals surface area contributed by atoms with E-state index in [1.54, 1.807) is 0 Å². The Kier molecular flexibility index (Phi) is 3.05. The molecule has 5 nitrogen and oxygen atoms in total. The molecule has 2 heterocycles. The molecule has 0 saturated carbocycles. The lowest BCUT2D eigenvalue weighted by molar-refractivity contribution is 0.738. The van der Waals surface area contributed by atoms with Gasteiger partial charge in [0, 0.05) is 11.3 Å². The van der Waals surface area contributed by atoms with Crippen molar-refractivity contribution in [2.45, 2.75) is 6.92 Å². The van der Waals surface area contributed by atoms with Gasteiger partial charge >= 0.3 is 0 Å². The van der Waals surface area contributed by atoms with Gasteiger partial charge in [-0.1, -0.05) is 53.7 Å². The minimum Gasteiger partial charge on any atom is -0.356 e. The van der Waals surface area contributed by atoms with E-state index in [2.05, 4.69) is 15.3 Å². The molecule has 0 radical (unpaired) electrons. The maximum atomic E-state index is 12.8. The predicted molar refractivity (Wildman–Crippen MR) is 89.7 cm³/mol. The molecule has 0 fully saturated rings. The molecule has 0 spiro atoms. The lowest BCUT2D eigenvalue weighted by Crippen LogP contribution is -2.22. The molecule has 0 bridgehead atoms. The summed E-state index contributed by atoms with van der Waals surface area (Å²) in [5.41, 5.74) is 3.74. The van der Waals surface area contributed by atoms with Gasteiger partial charge in [-0.3, -0.25) is 4.79 Å². The quantitative estimate of drug-likeness (QED) is 0.619. The Labute approximate surface area is 132 Å². The van der Waals surface area contributed by atoms with E-state index < -0.39 is 0 Å². The highest BCUT2D eigenvalue weighted by molar-refractivity contribution is 5.93. The number of aryl methyl sites for hydroxylation is 1. The third kappa shape index (κ3) is 2.14. The number of benzene rings is 2. The molecule has 4 rings (SSSR count). The first-order chi connectivity index (χ1) is 11.3. The number of nitrogens with zero attached hydrogens (tertiary/aromatic N) is 3. The molecule has 0 saturated heterocycles. The molecule has 0 atom stereocenters. The SMILES string of the molecule is Cc1[nH]c(-c2ccccc2)c2nnn(-c3ccccc3)c(=O)c12. The first-order valence-electron chi connectivity index (χ1n) is 7.35. The van der Waals surface area contributed by atoms with Gasteiger partial charge in [0.25, 0.3) is 5.56 Å². The van der Waals surface area contributed by atoms with Crippen LogP contribution >= 0.6 is 0 Å². The van der Waals surface area contributed by atoms with Gasteiger partial charge in [-0.05, 0) is 19.1 Å². The van der Waals surface area contributed by atoms with Gasteiger partial charge in [-0.25, -0.2) is 0 Å². The molecular formula is C18H14N4O. The van der Waals surface area contributed by atoms with Crippen LogP contribution in [0.3, 0.4) is 0 Å². The summed E-state index contributed by atoms with van der Waals surface area (Å²) in [7, 11) is 0. The lowest BCUT2D eigenvalue weighted by Gasteiger charge is -2.03. The Bertz CT molecular complexity index is 1030. The summed E-state index contributed by atoms with van der Waals surface area (Å²) in [6, 6.07) is 19.1. The fourth-order valence-electron chi connectivity index (χ4n) is 2.76. The van der Waals surface area contributed by atoms with Crippen LogP contribution in [0.25, 0.3) is 27.8 Å². The van der Waals surface area contributed by atoms with Gasteiger partial charge in [0.15, 0.2) is 0 Å². The van der Waals surface area contributed by atoms with Gasteiger partial charge in [-0.2, -0.15) is 4.68 Å². The van der Waals surface area contributed by atoms with Crippen LogP contribution in [0.4, 0.5) is 0 Å². The van der Waals surface area contributed by atoms with Crippen molar-refractivity contribution in [1.82, 2.24) is 20.0 Å². The Hall–Kier alpha value is -3.21. The highest BCUT2D eigenvalue weighted by Crippen LogP contribution is 2.26. The van der Waals surface area contributed by atoms with E-state index in [4.69, 9.17) is 0 Å². The number of rotatable bonds is 2. The zero-order chi connectivity index (χ0) is 15.8. The molecule has 4 aromatic rings. The van der Waals surface area contributed by atoms with E-state index >= 15 is 0 Å². The Morgan fingerprint density at radius 2 is 1.61 bits per heavy atom. The van der Waals surface area contributed by atoms with Crippen LogP contribution in [0.15, 0.2) is 65.5 Å². The van der Waals surface area contributed by atoms with Crippen molar-refractivity contribution in [3.05, 3.63) is 76.7 Å². The van der Waals surface area contributed by atoms with Crippen LogP contribution < -0.4 is 5.56 Å². The van der Waals surface area contributed by atoms with E-state index in [1.807, 2.05) is 67.6 Å². The zero-order valence-electron chi connectivity index (χ0n) is 12.5. The largest absolute Gasteiger partial charge is 0.356 e. The van der Waals surface area contributed by atoms with Crippen molar-refractivity contribution in [2.24, 2.45) is 0 Å². The summed E-state index contributed by atoms with van der Waals surface area (Å²) in [6.07, 6.45) is 0. The topological polar surface area (TPSA) is 63.6 Å². The van der Waals surface area contributed by atoms with Gasteiger partial charge < -0.3 is 4.98 Å². The van der Waals surface area contributed by atoms with Crippen LogP contribution in [0, 0.1) is 6.92 Å². The first-order valence-corrected chi connectivity index (χ1v) is 7.35. The van der Waals surface area contributed by atoms with Gasteiger partial charge in [0.2, 0.25) is 0 Å². The fraction of sp³-hybridized carbons (Fsp3) is 0.0556. The van der Waals surface area contributed by atoms with Crippen molar-refractivity contribution < 1.29 is 0 Å². The molecule has 0 aliphatic heterocycles. The van der Waals surface area contributed by atoms with Crippen molar-refractivity contribution in [3.8, 4) is 16.9 Å². The van der Waals surface area contributed by atoms with E-state index in [9.17, 15) is 4.79 Å². The highest BCUT2D eigenvalue weighted by atomic mass is 16.1. The van der Waals surface area contributed by atoms with Gasteiger partial charge in [-0.15, -0.1) is 5.10 Å². The molecule has 112 valence electrons.